The van der Waals surface area contributed by atoms with E-state index in [4.69, 9.17) is 0 Å². The molecule has 0 aromatic heterocycles. The summed E-state index contributed by atoms with van der Waals surface area (Å²) in [5.74, 6) is 1.46. The minimum absolute atomic E-state index is 0.477. The van der Waals surface area contributed by atoms with Crippen LogP contribution in [0, 0.1) is 5.92 Å². The van der Waals surface area contributed by atoms with Crippen molar-refractivity contribution >= 4 is 0 Å². The Morgan fingerprint density at radius 3 is 2.50 bits per heavy atom. The zero-order valence-electron chi connectivity index (χ0n) is 8.87. The van der Waals surface area contributed by atoms with Gasteiger partial charge >= 0.3 is 0 Å². The number of hydrogen-bond acceptors (Lipinski definition) is 0. The van der Waals surface area contributed by atoms with Crippen LogP contribution in [0.15, 0.2) is 36.9 Å². The molecule has 1 aromatic carbocycles. The zero-order chi connectivity index (χ0) is 9.97. The molecule has 0 heteroatoms. The minimum atomic E-state index is 0.477. The summed E-state index contributed by atoms with van der Waals surface area (Å²) >= 11 is 0. The lowest BCUT2D eigenvalue weighted by molar-refractivity contribution is 0.830. The molecule has 0 aliphatic heterocycles. The fraction of sp³-hybridized carbons (Fsp3) is 0.429. The van der Waals surface area contributed by atoms with E-state index in [-0.39, 0.29) is 0 Å². The Labute approximate surface area is 86.7 Å². The Morgan fingerprint density at radius 2 is 2.00 bits per heavy atom. The second-order valence-corrected chi connectivity index (χ2v) is 4.41. The molecule has 1 unspecified atom stereocenters. The maximum absolute atomic E-state index is 3.82. The van der Waals surface area contributed by atoms with Gasteiger partial charge in [-0.2, -0.15) is 0 Å². The van der Waals surface area contributed by atoms with Crippen molar-refractivity contribution in [3.05, 3.63) is 48.0 Å². The van der Waals surface area contributed by atoms with E-state index in [1.54, 1.807) is 0 Å². The maximum atomic E-state index is 3.82. The SMILES string of the molecule is C=CC(C)c1ccc(CC2CC2)cc1. The lowest BCUT2D eigenvalue weighted by Gasteiger charge is -2.07. The van der Waals surface area contributed by atoms with Crippen molar-refractivity contribution in [2.45, 2.75) is 32.1 Å². The average Bonchev–Trinajstić information content (AvgIpc) is 3.02. The van der Waals surface area contributed by atoms with Crippen LogP contribution in [-0.4, -0.2) is 0 Å². The lowest BCUT2D eigenvalue weighted by atomic mass is 9.99. The van der Waals surface area contributed by atoms with Crippen molar-refractivity contribution in [1.82, 2.24) is 0 Å². The van der Waals surface area contributed by atoms with Crippen LogP contribution in [0.25, 0.3) is 0 Å². The summed E-state index contributed by atoms with van der Waals surface area (Å²) in [6.45, 7) is 6.00. The van der Waals surface area contributed by atoms with Crippen LogP contribution in [-0.2, 0) is 6.42 Å². The molecule has 1 saturated carbocycles. The molecule has 0 N–H and O–H groups in total. The molecule has 0 amide bonds. The van der Waals surface area contributed by atoms with E-state index in [0.29, 0.717) is 5.92 Å². The third-order valence-corrected chi connectivity index (χ3v) is 3.08. The molecule has 0 saturated heterocycles. The van der Waals surface area contributed by atoms with Gasteiger partial charge in [0.1, 0.15) is 0 Å². The molecule has 2 rings (SSSR count). The molecule has 74 valence electrons. The predicted octanol–water partition coefficient (Wildman–Crippen LogP) is 3.93. The highest BCUT2D eigenvalue weighted by atomic mass is 14.3. The zero-order valence-corrected chi connectivity index (χ0v) is 8.87. The first-order valence-corrected chi connectivity index (χ1v) is 5.51. The van der Waals surface area contributed by atoms with Crippen molar-refractivity contribution in [2.24, 2.45) is 5.92 Å². The van der Waals surface area contributed by atoms with E-state index in [9.17, 15) is 0 Å². The minimum Gasteiger partial charge on any atom is -0.102 e. The highest BCUT2D eigenvalue weighted by Crippen LogP contribution is 2.32. The van der Waals surface area contributed by atoms with E-state index in [1.165, 1.54) is 30.4 Å². The Kier molecular flexibility index (Phi) is 2.72. The number of hydrogen-bond donors (Lipinski definition) is 0. The molecule has 0 nitrogen and oxygen atoms in total. The molecule has 1 aliphatic rings. The Morgan fingerprint density at radius 1 is 1.36 bits per heavy atom. The van der Waals surface area contributed by atoms with Gasteiger partial charge in [0.15, 0.2) is 0 Å². The van der Waals surface area contributed by atoms with Gasteiger partial charge in [-0.3, -0.25) is 0 Å². The number of benzene rings is 1. The topological polar surface area (TPSA) is 0 Å². The highest BCUT2D eigenvalue weighted by molar-refractivity contribution is 5.27. The summed E-state index contributed by atoms with van der Waals surface area (Å²) in [4.78, 5) is 0. The fourth-order valence-corrected chi connectivity index (χ4v) is 1.75. The van der Waals surface area contributed by atoms with Crippen LogP contribution in [0.5, 0.6) is 0 Å². The third kappa shape index (κ3) is 2.25. The van der Waals surface area contributed by atoms with Crippen LogP contribution < -0.4 is 0 Å². The summed E-state index contributed by atoms with van der Waals surface area (Å²) in [5.41, 5.74) is 2.87. The molecule has 14 heavy (non-hydrogen) atoms. The summed E-state index contributed by atoms with van der Waals surface area (Å²) in [5, 5.41) is 0. The van der Waals surface area contributed by atoms with Gasteiger partial charge in [-0.25, -0.2) is 0 Å². The highest BCUT2D eigenvalue weighted by Gasteiger charge is 2.21. The van der Waals surface area contributed by atoms with Crippen LogP contribution in [0.2, 0.25) is 0 Å². The largest absolute Gasteiger partial charge is 0.102 e. The normalized spacial score (nSPS) is 17.8. The number of allylic oxidation sites excluding steroid dienone is 1. The van der Waals surface area contributed by atoms with Gasteiger partial charge in [0.25, 0.3) is 0 Å². The molecular formula is C14H18. The van der Waals surface area contributed by atoms with Crippen molar-refractivity contribution in [2.75, 3.05) is 0 Å². The Bertz CT molecular complexity index is 303. The van der Waals surface area contributed by atoms with Crippen LogP contribution in [0.3, 0.4) is 0 Å². The van der Waals surface area contributed by atoms with Crippen molar-refractivity contribution in [3.8, 4) is 0 Å². The molecule has 1 atom stereocenters. The van der Waals surface area contributed by atoms with Crippen LogP contribution >= 0.6 is 0 Å². The van der Waals surface area contributed by atoms with Gasteiger partial charge < -0.3 is 0 Å². The maximum Gasteiger partial charge on any atom is -0.00131 e. The van der Waals surface area contributed by atoms with Crippen molar-refractivity contribution < 1.29 is 0 Å². The molecule has 0 heterocycles. The van der Waals surface area contributed by atoms with Gasteiger partial charge in [-0.15, -0.1) is 6.58 Å². The second-order valence-electron chi connectivity index (χ2n) is 4.41. The van der Waals surface area contributed by atoms with E-state index < -0.39 is 0 Å². The average molecular weight is 186 g/mol. The van der Waals surface area contributed by atoms with Crippen molar-refractivity contribution in [3.63, 3.8) is 0 Å². The molecule has 0 radical (unpaired) electrons. The van der Waals surface area contributed by atoms with Gasteiger partial charge in [0.2, 0.25) is 0 Å². The summed E-state index contributed by atoms with van der Waals surface area (Å²) < 4.78 is 0. The lowest BCUT2D eigenvalue weighted by Crippen LogP contribution is -1.91. The molecule has 0 bridgehead atoms. The molecular weight excluding hydrogens is 168 g/mol. The first kappa shape index (κ1) is 9.51. The van der Waals surface area contributed by atoms with E-state index in [2.05, 4.69) is 37.8 Å². The molecule has 1 aromatic rings. The predicted molar refractivity (Wildman–Crippen MR) is 61.5 cm³/mol. The van der Waals surface area contributed by atoms with E-state index >= 15 is 0 Å². The van der Waals surface area contributed by atoms with Gasteiger partial charge in [0.05, 0.1) is 0 Å². The van der Waals surface area contributed by atoms with Gasteiger partial charge in [-0.05, 0) is 42.2 Å². The van der Waals surface area contributed by atoms with Gasteiger partial charge in [0, 0.05) is 0 Å². The smallest absolute Gasteiger partial charge is 0.00131 e. The van der Waals surface area contributed by atoms with Crippen molar-refractivity contribution in [1.29, 1.82) is 0 Å². The molecule has 1 fully saturated rings. The quantitative estimate of drug-likeness (QED) is 0.625. The Hall–Kier alpha value is -1.04. The molecule has 1 aliphatic carbocycles. The molecule has 0 spiro atoms. The van der Waals surface area contributed by atoms with E-state index in [1.807, 2.05) is 6.08 Å². The summed E-state index contributed by atoms with van der Waals surface area (Å²) in [7, 11) is 0. The monoisotopic (exact) mass is 186 g/mol. The van der Waals surface area contributed by atoms with E-state index in [0.717, 1.165) is 5.92 Å². The standard InChI is InChI=1S/C14H18/c1-3-11(2)14-8-6-13(7-9-14)10-12-4-5-12/h3,6-9,11-12H,1,4-5,10H2,2H3. The van der Waals surface area contributed by atoms with Crippen LogP contribution in [0.4, 0.5) is 0 Å². The summed E-state index contributed by atoms with van der Waals surface area (Å²) in [6, 6.07) is 9.02. The van der Waals surface area contributed by atoms with Gasteiger partial charge in [-0.1, -0.05) is 37.3 Å². The first-order chi connectivity index (χ1) is 6.79. The fourth-order valence-electron chi connectivity index (χ4n) is 1.75. The second kappa shape index (κ2) is 4.00. The first-order valence-electron chi connectivity index (χ1n) is 5.51. The number of rotatable bonds is 4. The third-order valence-electron chi connectivity index (χ3n) is 3.08. The van der Waals surface area contributed by atoms with Crippen LogP contribution in [0.1, 0.15) is 36.8 Å². The summed E-state index contributed by atoms with van der Waals surface area (Å²) in [6.07, 6.45) is 6.15. The Balaban J connectivity index is 2.04.